The first-order valence-electron chi connectivity index (χ1n) is 5.17. The van der Waals surface area contributed by atoms with Crippen molar-refractivity contribution in [1.29, 1.82) is 0 Å². The van der Waals surface area contributed by atoms with Crippen molar-refractivity contribution in [2.24, 2.45) is 0 Å². The van der Waals surface area contributed by atoms with E-state index >= 15 is 0 Å². The van der Waals surface area contributed by atoms with Gasteiger partial charge in [-0.15, -0.1) is 0 Å². The zero-order chi connectivity index (χ0) is 11.3. The van der Waals surface area contributed by atoms with Gasteiger partial charge in [0.1, 0.15) is 5.60 Å². The van der Waals surface area contributed by atoms with Gasteiger partial charge in [-0.3, -0.25) is 4.98 Å². The zero-order valence-corrected chi connectivity index (χ0v) is 9.54. The lowest BCUT2D eigenvalue weighted by Gasteiger charge is -2.05. The van der Waals surface area contributed by atoms with E-state index in [-0.39, 0.29) is 0 Å². The van der Waals surface area contributed by atoms with Crippen molar-refractivity contribution in [1.82, 2.24) is 4.98 Å². The molecule has 1 heterocycles. The van der Waals surface area contributed by atoms with Gasteiger partial charge < -0.3 is 5.11 Å². The van der Waals surface area contributed by atoms with Crippen molar-refractivity contribution >= 4 is 0 Å². The van der Waals surface area contributed by atoms with Crippen molar-refractivity contribution in [3.05, 3.63) is 29.6 Å². The summed E-state index contributed by atoms with van der Waals surface area (Å²) in [6.07, 6.45) is 3.47. The normalized spacial score (nSPS) is 10.7. The second kappa shape index (κ2) is 4.95. The van der Waals surface area contributed by atoms with Crippen LogP contribution in [-0.2, 0) is 12.8 Å². The van der Waals surface area contributed by atoms with Crippen LogP contribution in [0.3, 0.4) is 0 Å². The molecule has 0 radical (unpaired) electrons. The molecule has 1 aromatic rings. The lowest BCUT2D eigenvalue weighted by molar-refractivity contribution is 0.143. The molecule has 0 unspecified atom stereocenters. The maximum atomic E-state index is 9.38. The summed E-state index contributed by atoms with van der Waals surface area (Å²) in [6.45, 7) is 5.45. The molecule has 0 amide bonds. The van der Waals surface area contributed by atoms with Crippen LogP contribution in [0.1, 0.15) is 32.0 Å². The van der Waals surface area contributed by atoms with Gasteiger partial charge in [0, 0.05) is 6.20 Å². The van der Waals surface area contributed by atoms with Crippen LogP contribution in [0.2, 0.25) is 0 Å². The van der Waals surface area contributed by atoms with Crippen LogP contribution in [0.4, 0.5) is 0 Å². The van der Waals surface area contributed by atoms with Gasteiger partial charge in [-0.05, 0) is 31.9 Å². The maximum Gasteiger partial charge on any atom is 0.119 e. The van der Waals surface area contributed by atoms with Crippen LogP contribution in [-0.4, -0.2) is 15.7 Å². The monoisotopic (exact) mass is 203 g/mol. The third kappa shape index (κ3) is 4.62. The molecule has 0 aliphatic heterocycles. The smallest absolute Gasteiger partial charge is 0.119 e. The highest BCUT2D eigenvalue weighted by Gasteiger charge is 2.05. The number of rotatable bonds is 2. The number of aliphatic hydroxyl groups is 1. The molecule has 0 saturated heterocycles. The zero-order valence-electron chi connectivity index (χ0n) is 9.54. The fourth-order valence-corrected chi connectivity index (χ4v) is 1.12. The standard InChI is InChI=1S/C13H17NO/c1-4-11-7-8-12(14-10-11)6-5-9-13(2,3)15/h7-8,10,15H,4,6H2,1-3H3. The minimum Gasteiger partial charge on any atom is -0.378 e. The summed E-state index contributed by atoms with van der Waals surface area (Å²) in [4.78, 5) is 4.28. The molecule has 0 bridgehead atoms. The summed E-state index contributed by atoms with van der Waals surface area (Å²) in [5.41, 5.74) is 1.27. The number of pyridine rings is 1. The molecule has 0 atom stereocenters. The SMILES string of the molecule is CCc1ccc(CC#CC(C)(C)O)nc1. The Bertz CT molecular complexity index is 362. The summed E-state index contributed by atoms with van der Waals surface area (Å²) in [5.74, 6) is 5.68. The Balaban J connectivity index is 2.61. The Kier molecular flexibility index (Phi) is 3.88. The predicted octanol–water partition coefficient (Wildman–Crippen LogP) is 1.96. The molecule has 0 fully saturated rings. The Labute approximate surface area is 91.4 Å². The van der Waals surface area contributed by atoms with Crippen LogP contribution in [0, 0.1) is 11.8 Å². The summed E-state index contributed by atoms with van der Waals surface area (Å²) >= 11 is 0. The highest BCUT2D eigenvalue weighted by molar-refractivity contribution is 5.20. The first-order valence-corrected chi connectivity index (χ1v) is 5.17. The van der Waals surface area contributed by atoms with Crippen LogP contribution < -0.4 is 0 Å². The van der Waals surface area contributed by atoms with E-state index in [1.165, 1.54) is 5.56 Å². The van der Waals surface area contributed by atoms with E-state index < -0.39 is 5.60 Å². The van der Waals surface area contributed by atoms with Gasteiger partial charge in [-0.2, -0.15) is 0 Å². The fraction of sp³-hybridized carbons (Fsp3) is 0.462. The molecular weight excluding hydrogens is 186 g/mol. The molecule has 1 aromatic heterocycles. The molecule has 80 valence electrons. The molecule has 2 heteroatoms. The molecular formula is C13H17NO. The Morgan fingerprint density at radius 3 is 2.60 bits per heavy atom. The van der Waals surface area contributed by atoms with Crippen molar-refractivity contribution in [2.75, 3.05) is 0 Å². The molecule has 0 aliphatic rings. The first kappa shape index (κ1) is 11.7. The summed E-state index contributed by atoms with van der Waals surface area (Å²) in [6, 6.07) is 4.05. The predicted molar refractivity (Wildman–Crippen MR) is 61.4 cm³/mol. The molecule has 1 rings (SSSR count). The molecule has 0 aliphatic carbocycles. The van der Waals surface area contributed by atoms with Gasteiger partial charge in [0.25, 0.3) is 0 Å². The maximum absolute atomic E-state index is 9.38. The number of hydrogen-bond acceptors (Lipinski definition) is 2. The van der Waals surface area contributed by atoms with Crippen LogP contribution >= 0.6 is 0 Å². The third-order valence-corrected chi connectivity index (χ3v) is 1.96. The van der Waals surface area contributed by atoms with E-state index in [0.717, 1.165) is 12.1 Å². The van der Waals surface area contributed by atoms with Gasteiger partial charge >= 0.3 is 0 Å². The Morgan fingerprint density at radius 1 is 1.40 bits per heavy atom. The van der Waals surface area contributed by atoms with Crippen LogP contribution in [0.25, 0.3) is 0 Å². The van der Waals surface area contributed by atoms with Gasteiger partial charge in [0.2, 0.25) is 0 Å². The second-order valence-corrected chi connectivity index (χ2v) is 4.05. The van der Waals surface area contributed by atoms with E-state index in [1.807, 2.05) is 12.3 Å². The van der Waals surface area contributed by atoms with Crippen LogP contribution in [0.5, 0.6) is 0 Å². The van der Waals surface area contributed by atoms with E-state index in [4.69, 9.17) is 0 Å². The highest BCUT2D eigenvalue weighted by Crippen LogP contribution is 2.02. The Hall–Kier alpha value is -1.33. The third-order valence-electron chi connectivity index (χ3n) is 1.96. The van der Waals surface area contributed by atoms with Crippen molar-refractivity contribution in [2.45, 2.75) is 39.2 Å². The summed E-state index contributed by atoms with van der Waals surface area (Å²) < 4.78 is 0. The fourth-order valence-electron chi connectivity index (χ4n) is 1.12. The highest BCUT2D eigenvalue weighted by atomic mass is 16.3. The van der Waals surface area contributed by atoms with E-state index in [9.17, 15) is 5.11 Å². The number of aromatic nitrogens is 1. The number of hydrogen-bond donors (Lipinski definition) is 1. The largest absolute Gasteiger partial charge is 0.378 e. The Morgan fingerprint density at radius 2 is 2.13 bits per heavy atom. The van der Waals surface area contributed by atoms with Crippen molar-refractivity contribution in [3.63, 3.8) is 0 Å². The van der Waals surface area contributed by atoms with Crippen molar-refractivity contribution in [3.8, 4) is 11.8 Å². The molecule has 1 N–H and O–H groups in total. The van der Waals surface area contributed by atoms with Gasteiger partial charge in [0.15, 0.2) is 0 Å². The lowest BCUT2D eigenvalue weighted by Crippen LogP contribution is -2.14. The number of nitrogens with zero attached hydrogens (tertiary/aromatic N) is 1. The lowest BCUT2D eigenvalue weighted by atomic mass is 10.1. The van der Waals surface area contributed by atoms with E-state index in [1.54, 1.807) is 13.8 Å². The molecule has 0 saturated carbocycles. The summed E-state index contributed by atoms with van der Waals surface area (Å²) in [7, 11) is 0. The van der Waals surface area contributed by atoms with Gasteiger partial charge in [-0.1, -0.05) is 24.8 Å². The van der Waals surface area contributed by atoms with Gasteiger partial charge in [-0.25, -0.2) is 0 Å². The average Bonchev–Trinajstić information content (AvgIpc) is 2.17. The minimum atomic E-state index is -0.913. The van der Waals surface area contributed by atoms with Crippen LogP contribution in [0.15, 0.2) is 18.3 Å². The molecule has 0 spiro atoms. The average molecular weight is 203 g/mol. The van der Waals surface area contributed by atoms with Gasteiger partial charge in [0.05, 0.1) is 12.1 Å². The number of aryl methyl sites for hydroxylation is 1. The molecule has 15 heavy (non-hydrogen) atoms. The minimum absolute atomic E-state index is 0.591. The molecule has 2 nitrogen and oxygen atoms in total. The van der Waals surface area contributed by atoms with Crippen molar-refractivity contribution < 1.29 is 5.11 Å². The topological polar surface area (TPSA) is 33.1 Å². The second-order valence-electron chi connectivity index (χ2n) is 4.05. The molecule has 0 aromatic carbocycles. The van der Waals surface area contributed by atoms with E-state index in [2.05, 4.69) is 29.8 Å². The van der Waals surface area contributed by atoms with E-state index in [0.29, 0.717) is 6.42 Å². The quantitative estimate of drug-likeness (QED) is 0.745. The summed E-state index contributed by atoms with van der Waals surface area (Å²) in [5, 5.41) is 9.38. The first-order chi connectivity index (χ1) is 7.01.